The molecular formula is C24H30N2O3. The summed E-state index contributed by atoms with van der Waals surface area (Å²) in [5, 5.41) is 3.01. The number of ether oxygens (including phenoxy) is 1. The molecule has 0 fully saturated rings. The van der Waals surface area contributed by atoms with Gasteiger partial charge in [-0.1, -0.05) is 44.2 Å². The van der Waals surface area contributed by atoms with Crippen LogP contribution in [0, 0.1) is 5.92 Å². The Bertz CT molecular complexity index is 859. The van der Waals surface area contributed by atoms with Crippen molar-refractivity contribution in [2.75, 3.05) is 6.54 Å². The SMILES string of the molecule is CC(C)CCNC(=O)[C@H]1c2ccccc2C(=O)N1Cc1ccc(OC(C)C)cc1. The highest BCUT2D eigenvalue weighted by Crippen LogP contribution is 2.35. The minimum absolute atomic E-state index is 0.105. The molecule has 3 rings (SSSR count). The first-order valence-corrected chi connectivity index (χ1v) is 10.3. The van der Waals surface area contributed by atoms with Gasteiger partial charge in [0.25, 0.3) is 5.91 Å². The Labute approximate surface area is 173 Å². The first kappa shape index (κ1) is 20.9. The van der Waals surface area contributed by atoms with E-state index in [-0.39, 0.29) is 17.9 Å². The van der Waals surface area contributed by atoms with Crippen LogP contribution in [0.1, 0.15) is 61.6 Å². The lowest BCUT2D eigenvalue weighted by molar-refractivity contribution is -0.125. The molecule has 1 aliphatic rings. The number of amides is 2. The van der Waals surface area contributed by atoms with Crippen LogP contribution in [0.3, 0.4) is 0 Å². The van der Waals surface area contributed by atoms with E-state index in [4.69, 9.17) is 4.74 Å². The van der Waals surface area contributed by atoms with Crippen LogP contribution in [-0.4, -0.2) is 29.4 Å². The number of nitrogens with one attached hydrogen (secondary N) is 1. The molecule has 2 aromatic carbocycles. The molecule has 0 radical (unpaired) electrons. The molecule has 0 saturated carbocycles. The predicted molar refractivity (Wildman–Crippen MR) is 114 cm³/mol. The van der Waals surface area contributed by atoms with E-state index in [0.717, 1.165) is 23.3 Å². The molecule has 2 aromatic rings. The van der Waals surface area contributed by atoms with Crippen molar-refractivity contribution in [1.82, 2.24) is 10.2 Å². The number of carbonyl (C=O) groups excluding carboxylic acids is 2. The third kappa shape index (κ3) is 4.97. The molecule has 29 heavy (non-hydrogen) atoms. The highest BCUT2D eigenvalue weighted by molar-refractivity contribution is 6.04. The molecule has 0 saturated heterocycles. The van der Waals surface area contributed by atoms with Crippen molar-refractivity contribution in [2.45, 2.75) is 52.8 Å². The Morgan fingerprint density at radius 3 is 2.41 bits per heavy atom. The van der Waals surface area contributed by atoms with Gasteiger partial charge in [-0.05, 0) is 55.5 Å². The summed E-state index contributed by atoms with van der Waals surface area (Å²) < 4.78 is 5.69. The first-order valence-electron chi connectivity index (χ1n) is 10.3. The maximum absolute atomic E-state index is 13.0. The zero-order valence-electron chi connectivity index (χ0n) is 17.6. The number of benzene rings is 2. The fourth-order valence-corrected chi connectivity index (χ4v) is 3.54. The molecule has 5 heteroatoms. The maximum Gasteiger partial charge on any atom is 0.255 e. The molecule has 1 N–H and O–H groups in total. The van der Waals surface area contributed by atoms with Gasteiger partial charge in [0.05, 0.1) is 6.10 Å². The second-order valence-corrected chi connectivity index (χ2v) is 8.21. The largest absolute Gasteiger partial charge is 0.491 e. The van der Waals surface area contributed by atoms with E-state index in [9.17, 15) is 9.59 Å². The van der Waals surface area contributed by atoms with E-state index in [0.29, 0.717) is 24.6 Å². The van der Waals surface area contributed by atoms with Gasteiger partial charge in [-0.3, -0.25) is 9.59 Å². The van der Waals surface area contributed by atoms with Crippen molar-refractivity contribution in [3.8, 4) is 5.75 Å². The van der Waals surface area contributed by atoms with Crippen molar-refractivity contribution in [3.05, 3.63) is 65.2 Å². The van der Waals surface area contributed by atoms with Crippen molar-refractivity contribution in [3.63, 3.8) is 0 Å². The average Bonchev–Trinajstić information content (AvgIpc) is 2.95. The van der Waals surface area contributed by atoms with E-state index in [1.54, 1.807) is 11.0 Å². The Kier molecular flexibility index (Phi) is 6.57. The monoisotopic (exact) mass is 394 g/mol. The highest BCUT2D eigenvalue weighted by Gasteiger charge is 2.40. The molecule has 1 aliphatic heterocycles. The molecule has 0 unspecified atom stereocenters. The maximum atomic E-state index is 13.0. The van der Waals surface area contributed by atoms with E-state index in [1.165, 1.54) is 0 Å². The van der Waals surface area contributed by atoms with E-state index < -0.39 is 6.04 Å². The van der Waals surface area contributed by atoms with Gasteiger partial charge in [0, 0.05) is 18.7 Å². The second kappa shape index (κ2) is 9.12. The Morgan fingerprint density at radius 1 is 1.07 bits per heavy atom. The number of fused-ring (bicyclic) bond motifs is 1. The van der Waals surface area contributed by atoms with Gasteiger partial charge in [0.15, 0.2) is 0 Å². The molecule has 1 atom stereocenters. The van der Waals surface area contributed by atoms with Crippen molar-refractivity contribution in [1.29, 1.82) is 0 Å². The second-order valence-electron chi connectivity index (χ2n) is 8.21. The van der Waals surface area contributed by atoms with Crippen molar-refractivity contribution in [2.24, 2.45) is 5.92 Å². The summed E-state index contributed by atoms with van der Waals surface area (Å²) in [6.45, 7) is 9.20. The van der Waals surface area contributed by atoms with Crippen LogP contribution >= 0.6 is 0 Å². The highest BCUT2D eigenvalue weighted by atomic mass is 16.5. The van der Waals surface area contributed by atoms with Crippen LogP contribution < -0.4 is 10.1 Å². The number of hydrogen-bond donors (Lipinski definition) is 1. The molecule has 1 heterocycles. The fourth-order valence-electron chi connectivity index (χ4n) is 3.54. The summed E-state index contributed by atoms with van der Waals surface area (Å²) in [7, 11) is 0. The molecule has 0 aliphatic carbocycles. The van der Waals surface area contributed by atoms with Crippen LogP contribution in [-0.2, 0) is 11.3 Å². The lowest BCUT2D eigenvalue weighted by atomic mass is 10.0. The van der Waals surface area contributed by atoms with Crippen LogP contribution in [0.4, 0.5) is 0 Å². The molecular weight excluding hydrogens is 364 g/mol. The third-order valence-corrected chi connectivity index (χ3v) is 4.98. The minimum Gasteiger partial charge on any atom is -0.491 e. The predicted octanol–water partition coefficient (Wildman–Crippen LogP) is 4.33. The summed E-state index contributed by atoms with van der Waals surface area (Å²) in [6, 6.07) is 14.5. The van der Waals surface area contributed by atoms with Crippen LogP contribution in [0.25, 0.3) is 0 Å². The summed E-state index contributed by atoms with van der Waals surface area (Å²) >= 11 is 0. The molecule has 154 valence electrons. The number of carbonyl (C=O) groups is 2. The van der Waals surface area contributed by atoms with Gasteiger partial charge >= 0.3 is 0 Å². The molecule has 0 aromatic heterocycles. The van der Waals surface area contributed by atoms with Gasteiger partial charge < -0.3 is 15.0 Å². The van der Waals surface area contributed by atoms with Crippen molar-refractivity contribution < 1.29 is 14.3 Å². The van der Waals surface area contributed by atoms with E-state index in [1.807, 2.05) is 56.3 Å². The third-order valence-electron chi connectivity index (χ3n) is 4.98. The topological polar surface area (TPSA) is 58.6 Å². The zero-order valence-corrected chi connectivity index (χ0v) is 17.6. The van der Waals surface area contributed by atoms with Gasteiger partial charge in [0.2, 0.25) is 5.91 Å². The lowest BCUT2D eigenvalue weighted by Crippen LogP contribution is -2.39. The summed E-state index contributed by atoms with van der Waals surface area (Å²) in [6.07, 6.45) is 1.01. The Balaban J connectivity index is 1.79. The smallest absolute Gasteiger partial charge is 0.255 e. The minimum atomic E-state index is -0.600. The normalized spacial score (nSPS) is 15.7. The van der Waals surface area contributed by atoms with Gasteiger partial charge in [0.1, 0.15) is 11.8 Å². The lowest BCUT2D eigenvalue weighted by Gasteiger charge is -2.25. The van der Waals surface area contributed by atoms with Crippen molar-refractivity contribution >= 4 is 11.8 Å². The quantitative estimate of drug-likeness (QED) is 0.725. The number of hydrogen-bond acceptors (Lipinski definition) is 3. The summed E-state index contributed by atoms with van der Waals surface area (Å²) in [4.78, 5) is 27.7. The molecule has 0 bridgehead atoms. The van der Waals surface area contributed by atoms with E-state index >= 15 is 0 Å². The van der Waals surface area contributed by atoms with Gasteiger partial charge in [-0.15, -0.1) is 0 Å². The van der Waals surface area contributed by atoms with Crippen LogP contribution in [0.5, 0.6) is 5.75 Å². The number of nitrogens with zero attached hydrogens (tertiary/aromatic N) is 1. The molecule has 0 spiro atoms. The number of rotatable bonds is 8. The molecule has 2 amide bonds. The molecule has 5 nitrogen and oxygen atoms in total. The fraction of sp³-hybridized carbons (Fsp3) is 0.417. The van der Waals surface area contributed by atoms with Crippen LogP contribution in [0.2, 0.25) is 0 Å². The summed E-state index contributed by atoms with van der Waals surface area (Å²) in [5.74, 6) is 1.08. The Hall–Kier alpha value is -2.82. The summed E-state index contributed by atoms with van der Waals surface area (Å²) in [5.41, 5.74) is 2.35. The van der Waals surface area contributed by atoms with Crippen LogP contribution in [0.15, 0.2) is 48.5 Å². The first-order chi connectivity index (χ1) is 13.9. The zero-order chi connectivity index (χ0) is 21.0. The van der Waals surface area contributed by atoms with Gasteiger partial charge in [-0.2, -0.15) is 0 Å². The van der Waals surface area contributed by atoms with Gasteiger partial charge in [-0.25, -0.2) is 0 Å². The van der Waals surface area contributed by atoms with E-state index in [2.05, 4.69) is 19.2 Å². The standard InChI is InChI=1S/C24H30N2O3/c1-16(2)13-14-25-23(27)22-20-7-5-6-8-21(20)24(28)26(22)15-18-9-11-19(12-10-18)29-17(3)4/h5-12,16-17,22H,13-15H2,1-4H3,(H,25,27)/t22-/m1/s1. The Morgan fingerprint density at radius 2 is 1.76 bits per heavy atom. The average molecular weight is 395 g/mol.